The zero-order chi connectivity index (χ0) is 14.0. The molecule has 19 heavy (non-hydrogen) atoms. The highest BCUT2D eigenvalue weighted by molar-refractivity contribution is 5.82. The van der Waals surface area contributed by atoms with Gasteiger partial charge in [0.15, 0.2) is 0 Å². The molecule has 1 aliphatic rings. The van der Waals surface area contributed by atoms with E-state index in [2.05, 4.69) is 0 Å². The number of fused-ring (bicyclic) bond motifs is 1. The Hall–Kier alpha value is -1.72. The minimum absolute atomic E-state index is 0.397. The van der Waals surface area contributed by atoms with E-state index in [1.54, 1.807) is 6.07 Å². The van der Waals surface area contributed by atoms with Crippen molar-refractivity contribution in [3.05, 3.63) is 29.3 Å². The van der Waals surface area contributed by atoms with Crippen LogP contribution in [0.2, 0.25) is 0 Å². The second-order valence-electron chi connectivity index (χ2n) is 4.55. The van der Waals surface area contributed by atoms with Gasteiger partial charge in [-0.1, -0.05) is 6.07 Å². The fourth-order valence-corrected chi connectivity index (χ4v) is 2.25. The first-order chi connectivity index (χ1) is 8.90. The molecule has 1 amide bonds. The van der Waals surface area contributed by atoms with Gasteiger partial charge in [0.05, 0.1) is 7.11 Å². The maximum atomic E-state index is 12.2. The molecule has 1 unspecified atom stereocenters. The van der Waals surface area contributed by atoms with Crippen LogP contribution < -0.4 is 10.1 Å². The van der Waals surface area contributed by atoms with Crippen LogP contribution in [0.25, 0.3) is 0 Å². The third-order valence-corrected chi connectivity index (χ3v) is 3.23. The first kappa shape index (κ1) is 13.7. The molecule has 1 N–H and O–H groups in total. The van der Waals surface area contributed by atoms with E-state index < -0.39 is 18.1 Å². The van der Waals surface area contributed by atoms with Crippen LogP contribution in [-0.4, -0.2) is 25.2 Å². The van der Waals surface area contributed by atoms with Crippen LogP contribution in [0.4, 0.5) is 13.2 Å². The van der Waals surface area contributed by atoms with E-state index in [1.165, 1.54) is 7.11 Å². The lowest BCUT2D eigenvalue weighted by Gasteiger charge is -2.26. The third kappa shape index (κ3) is 3.19. The third-order valence-electron chi connectivity index (χ3n) is 3.23. The molecule has 1 aromatic carbocycles. The molecular weight excluding hydrogens is 259 g/mol. The van der Waals surface area contributed by atoms with Crippen LogP contribution in [0.5, 0.6) is 5.75 Å². The van der Waals surface area contributed by atoms with Gasteiger partial charge in [-0.05, 0) is 42.5 Å². The minimum atomic E-state index is -4.82. The maximum Gasteiger partial charge on any atom is 0.471 e. The number of hydrogen-bond donors (Lipinski definition) is 1. The van der Waals surface area contributed by atoms with Gasteiger partial charge in [0.25, 0.3) is 0 Å². The van der Waals surface area contributed by atoms with Crippen molar-refractivity contribution in [1.82, 2.24) is 5.32 Å². The Morgan fingerprint density at radius 2 is 2.11 bits per heavy atom. The summed E-state index contributed by atoms with van der Waals surface area (Å²) in [5.74, 6) is -1.20. The fourth-order valence-electron chi connectivity index (χ4n) is 2.25. The topological polar surface area (TPSA) is 38.3 Å². The summed E-state index contributed by atoms with van der Waals surface area (Å²) in [7, 11) is 1.54. The van der Waals surface area contributed by atoms with Gasteiger partial charge >= 0.3 is 12.1 Å². The van der Waals surface area contributed by atoms with Crippen LogP contribution in [-0.2, 0) is 17.6 Å². The summed E-state index contributed by atoms with van der Waals surface area (Å²) in [6, 6.07) is 5.07. The molecular formula is C13H14F3NO2. The van der Waals surface area contributed by atoms with Crippen LogP contribution in [0.15, 0.2) is 18.2 Å². The number of methoxy groups -OCH3 is 1. The number of halogens is 3. The second-order valence-corrected chi connectivity index (χ2v) is 4.55. The summed E-state index contributed by atoms with van der Waals surface area (Å²) in [5.41, 5.74) is 2.02. The molecule has 0 aliphatic heterocycles. The molecule has 0 spiro atoms. The predicted molar refractivity (Wildman–Crippen MR) is 63.0 cm³/mol. The van der Waals surface area contributed by atoms with E-state index >= 15 is 0 Å². The van der Waals surface area contributed by atoms with Crippen molar-refractivity contribution in [3.8, 4) is 5.75 Å². The lowest BCUT2D eigenvalue weighted by Crippen LogP contribution is -2.45. The SMILES string of the molecule is COc1ccc2c(c1)CC(NC(=O)C(F)(F)F)CC2. The second kappa shape index (κ2) is 5.11. The van der Waals surface area contributed by atoms with E-state index in [-0.39, 0.29) is 0 Å². The van der Waals surface area contributed by atoms with Gasteiger partial charge in [-0.15, -0.1) is 0 Å². The van der Waals surface area contributed by atoms with Crippen LogP contribution in [0.1, 0.15) is 17.5 Å². The first-order valence-electron chi connectivity index (χ1n) is 5.93. The van der Waals surface area contributed by atoms with Crippen LogP contribution >= 0.6 is 0 Å². The smallest absolute Gasteiger partial charge is 0.471 e. The molecule has 6 heteroatoms. The van der Waals surface area contributed by atoms with Gasteiger partial charge in [-0.3, -0.25) is 4.79 Å². The molecule has 1 aromatic rings. The van der Waals surface area contributed by atoms with E-state index in [4.69, 9.17) is 4.74 Å². The summed E-state index contributed by atoms with van der Waals surface area (Å²) in [5, 5.41) is 2.03. The molecule has 0 aromatic heterocycles. The summed E-state index contributed by atoms with van der Waals surface area (Å²) < 4.78 is 41.6. The van der Waals surface area contributed by atoms with Gasteiger partial charge < -0.3 is 10.1 Å². The Balaban J connectivity index is 2.07. The number of rotatable bonds is 2. The number of alkyl halides is 3. The number of nitrogens with one attached hydrogen (secondary N) is 1. The number of aryl methyl sites for hydroxylation is 1. The van der Waals surface area contributed by atoms with Crippen LogP contribution in [0, 0.1) is 0 Å². The molecule has 0 saturated carbocycles. The van der Waals surface area contributed by atoms with Gasteiger partial charge in [0.1, 0.15) is 5.75 Å². The Bertz CT molecular complexity index is 485. The fraction of sp³-hybridized carbons (Fsp3) is 0.462. The molecule has 0 saturated heterocycles. The van der Waals surface area contributed by atoms with E-state index in [0.29, 0.717) is 25.0 Å². The summed E-state index contributed by atoms with van der Waals surface area (Å²) >= 11 is 0. The average molecular weight is 273 g/mol. The van der Waals surface area contributed by atoms with Gasteiger partial charge in [-0.2, -0.15) is 13.2 Å². The average Bonchev–Trinajstić information content (AvgIpc) is 2.36. The molecule has 0 bridgehead atoms. The quantitative estimate of drug-likeness (QED) is 0.897. The molecule has 0 heterocycles. The standard InChI is InChI=1S/C13H14F3NO2/c1-19-11-5-3-8-2-4-10(6-9(8)7-11)17-12(18)13(14,15)16/h3,5,7,10H,2,4,6H2,1H3,(H,17,18). The van der Waals surface area contributed by atoms with Crippen molar-refractivity contribution < 1.29 is 22.7 Å². The van der Waals surface area contributed by atoms with Crippen LogP contribution in [0.3, 0.4) is 0 Å². The monoisotopic (exact) mass is 273 g/mol. The molecule has 1 atom stereocenters. The number of ether oxygens (including phenoxy) is 1. The maximum absolute atomic E-state index is 12.2. The molecule has 0 radical (unpaired) electrons. The Labute approximate surface area is 108 Å². The molecule has 104 valence electrons. The van der Waals surface area contributed by atoms with Gasteiger partial charge in [0.2, 0.25) is 0 Å². The van der Waals surface area contributed by atoms with Crippen molar-refractivity contribution in [3.63, 3.8) is 0 Å². The number of carbonyl (C=O) groups is 1. The Morgan fingerprint density at radius 1 is 1.37 bits per heavy atom. The molecule has 1 aliphatic carbocycles. The number of hydrogen-bond acceptors (Lipinski definition) is 2. The largest absolute Gasteiger partial charge is 0.497 e. The number of benzene rings is 1. The summed E-state index contributed by atoms with van der Waals surface area (Å²) in [6.07, 6.45) is -3.26. The first-order valence-corrected chi connectivity index (χ1v) is 5.93. The van der Waals surface area contributed by atoms with Crippen molar-refractivity contribution in [1.29, 1.82) is 0 Å². The van der Waals surface area contributed by atoms with Crippen molar-refractivity contribution >= 4 is 5.91 Å². The van der Waals surface area contributed by atoms with E-state index in [0.717, 1.165) is 11.1 Å². The normalized spacial score (nSPS) is 18.6. The van der Waals surface area contributed by atoms with Gasteiger partial charge in [0, 0.05) is 6.04 Å². The highest BCUT2D eigenvalue weighted by Gasteiger charge is 2.40. The Morgan fingerprint density at radius 3 is 2.74 bits per heavy atom. The summed E-state index contributed by atoms with van der Waals surface area (Å²) in [4.78, 5) is 10.9. The zero-order valence-corrected chi connectivity index (χ0v) is 10.4. The molecule has 3 nitrogen and oxygen atoms in total. The zero-order valence-electron chi connectivity index (χ0n) is 10.4. The van der Waals surface area contributed by atoms with Gasteiger partial charge in [-0.25, -0.2) is 0 Å². The van der Waals surface area contributed by atoms with Crippen molar-refractivity contribution in [2.24, 2.45) is 0 Å². The number of carbonyl (C=O) groups excluding carboxylic acids is 1. The number of amides is 1. The lowest BCUT2D eigenvalue weighted by molar-refractivity contribution is -0.174. The van der Waals surface area contributed by atoms with E-state index in [9.17, 15) is 18.0 Å². The highest BCUT2D eigenvalue weighted by atomic mass is 19.4. The predicted octanol–water partition coefficient (Wildman–Crippen LogP) is 2.23. The molecule has 0 fully saturated rings. The molecule has 2 rings (SSSR count). The van der Waals surface area contributed by atoms with Crippen molar-refractivity contribution in [2.75, 3.05) is 7.11 Å². The Kier molecular flexibility index (Phi) is 3.68. The van der Waals surface area contributed by atoms with E-state index in [1.807, 2.05) is 17.4 Å². The highest BCUT2D eigenvalue weighted by Crippen LogP contribution is 2.26. The minimum Gasteiger partial charge on any atom is -0.497 e. The van der Waals surface area contributed by atoms with Crippen molar-refractivity contribution in [2.45, 2.75) is 31.5 Å². The lowest BCUT2D eigenvalue weighted by atomic mass is 9.88. The summed E-state index contributed by atoms with van der Waals surface area (Å²) in [6.45, 7) is 0.